The topological polar surface area (TPSA) is 80.5 Å². The number of nitrogens with zero attached hydrogens (tertiary/aromatic N) is 1. The van der Waals surface area contributed by atoms with Gasteiger partial charge >= 0.3 is 0 Å². The molecule has 2 atom stereocenters. The molecule has 0 aromatic carbocycles. The van der Waals surface area contributed by atoms with E-state index in [0.717, 1.165) is 24.7 Å². The van der Waals surface area contributed by atoms with Crippen LogP contribution in [0.15, 0.2) is 16.8 Å². The minimum absolute atomic E-state index is 0.0448. The summed E-state index contributed by atoms with van der Waals surface area (Å²) in [5.41, 5.74) is 7.02. The van der Waals surface area contributed by atoms with E-state index in [9.17, 15) is 13.2 Å². The monoisotopic (exact) mass is 316 g/mol. The molecule has 1 saturated heterocycles. The van der Waals surface area contributed by atoms with Crippen molar-refractivity contribution >= 4 is 27.1 Å². The van der Waals surface area contributed by atoms with Crippen molar-refractivity contribution in [2.75, 3.05) is 18.6 Å². The predicted molar refractivity (Wildman–Crippen MR) is 80.3 cm³/mol. The second kappa shape index (κ2) is 6.24. The summed E-state index contributed by atoms with van der Waals surface area (Å²) in [7, 11) is -3.08. The summed E-state index contributed by atoms with van der Waals surface area (Å²) in [5.74, 6) is -0.181. The van der Waals surface area contributed by atoms with Gasteiger partial charge in [0.1, 0.15) is 9.84 Å². The summed E-state index contributed by atoms with van der Waals surface area (Å²) >= 11 is 1.61. The normalized spacial score (nSPS) is 21.1. The van der Waals surface area contributed by atoms with Crippen LogP contribution >= 0.6 is 11.3 Å². The van der Waals surface area contributed by atoms with E-state index in [2.05, 4.69) is 5.38 Å². The number of carbonyl (C=O) groups excluding carboxylic acids is 1. The van der Waals surface area contributed by atoms with E-state index in [1.54, 1.807) is 16.2 Å². The Balaban J connectivity index is 2.00. The van der Waals surface area contributed by atoms with Gasteiger partial charge in [-0.2, -0.15) is 11.3 Å². The zero-order valence-electron chi connectivity index (χ0n) is 11.5. The molecular weight excluding hydrogens is 296 g/mol. The van der Waals surface area contributed by atoms with Crippen molar-refractivity contribution in [2.24, 2.45) is 5.73 Å². The number of amides is 1. The van der Waals surface area contributed by atoms with Gasteiger partial charge in [-0.3, -0.25) is 4.79 Å². The third kappa shape index (κ3) is 3.80. The number of thiophene rings is 1. The molecule has 1 aliphatic heterocycles. The van der Waals surface area contributed by atoms with Crippen LogP contribution in [0.5, 0.6) is 0 Å². The molecule has 1 aromatic heterocycles. The first-order valence-electron chi connectivity index (χ1n) is 6.64. The average Bonchev–Trinajstić information content (AvgIpc) is 3.03. The van der Waals surface area contributed by atoms with Gasteiger partial charge in [0.05, 0.1) is 17.8 Å². The molecule has 1 amide bonds. The van der Waals surface area contributed by atoms with Crippen LogP contribution in [0.3, 0.4) is 0 Å². The molecule has 0 bridgehead atoms. The van der Waals surface area contributed by atoms with Gasteiger partial charge in [0.25, 0.3) is 0 Å². The SMILES string of the molecule is CS(=O)(=O)CCC(N)C(=O)N1CCCC1c1ccsc1. The lowest BCUT2D eigenvalue weighted by atomic mass is 10.1. The summed E-state index contributed by atoms with van der Waals surface area (Å²) in [5, 5.41) is 4.05. The van der Waals surface area contributed by atoms with Gasteiger partial charge in [0.15, 0.2) is 0 Å². The van der Waals surface area contributed by atoms with E-state index in [4.69, 9.17) is 5.73 Å². The minimum Gasteiger partial charge on any atom is -0.334 e. The predicted octanol–water partition coefficient (Wildman–Crippen LogP) is 1.17. The third-order valence-corrected chi connectivity index (χ3v) is 5.26. The number of carbonyl (C=O) groups is 1. The molecule has 1 aromatic rings. The van der Waals surface area contributed by atoms with E-state index in [1.165, 1.54) is 0 Å². The summed E-state index contributed by atoms with van der Waals surface area (Å²) in [6.45, 7) is 0.700. The highest BCUT2D eigenvalue weighted by Gasteiger charge is 2.32. The van der Waals surface area contributed by atoms with Gasteiger partial charge in [-0.1, -0.05) is 0 Å². The molecule has 2 rings (SSSR count). The van der Waals surface area contributed by atoms with Crippen molar-refractivity contribution in [2.45, 2.75) is 31.3 Å². The number of rotatable bonds is 5. The van der Waals surface area contributed by atoms with E-state index in [-0.39, 0.29) is 24.1 Å². The standard InChI is InChI=1S/C13H20N2O3S2/c1-20(17,18)8-5-11(14)13(16)15-6-2-3-12(15)10-4-7-19-9-10/h4,7,9,11-12H,2-3,5-6,8,14H2,1H3. The molecule has 1 aliphatic rings. The Morgan fingerprint density at radius 3 is 2.95 bits per heavy atom. The van der Waals surface area contributed by atoms with E-state index in [0.29, 0.717) is 6.54 Å². The fraction of sp³-hybridized carbons (Fsp3) is 0.615. The molecule has 0 radical (unpaired) electrons. The first kappa shape index (κ1) is 15.5. The van der Waals surface area contributed by atoms with Gasteiger partial charge in [-0.25, -0.2) is 8.42 Å². The number of hydrogen-bond acceptors (Lipinski definition) is 5. The van der Waals surface area contributed by atoms with Crippen LogP contribution in [0.25, 0.3) is 0 Å². The largest absolute Gasteiger partial charge is 0.334 e. The molecule has 2 unspecified atom stereocenters. The first-order valence-corrected chi connectivity index (χ1v) is 9.65. The fourth-order valence-electron chi connectivity index (χ4n) is 2.52. The number of nitrogens with two attached hydrogens (primary N) is 1. The zero-order chi connectivity index (χ0) is 14.8. The zero-order valence-corrected chi connectivity index (χ0v) is 13.1. The lowest BCUT2D eigenvalue weighted by Crippen LogP contribution is -2.44. The van der Waals surface area contributed by atoms with Gasteiger partial charge in [0, 0.05) is 12.8 Å². The van der Waals surface area contributed by atoms with Crippen LogP contribution in [0, 0.1) is 0 Å². The minimum atomic E-state index is -3.08. The summed E-state index contributed by atoms with van der Waals surface area (Å²) in [4.78, 5) is 14.2. The summed E-state index contributed by atoms with van der Waals surface area (Å²) in [6, 6.07) is 1.39. The van der Waals surface area contributed by atoms with Crippen LogP contribution in [0.4, 0.5) is 0 Å². The van der Waals surface area contributed by atoms with Crippen LogP contribution in [0.1, 0.15) is 30.9 Å². The van der Waals surface area contributed by atoms with Gasteiger partial charge in [-0.15, -0.1) is 0 Å². The lowest BCUT2D eigenvalue weighted by Gasteiger charge is -2.27. The molecule has 20 heavy (non-hydrogen) atoms. The highest BCUT2D eigenvalue weighted by atomic mass is 32.2. The van der Waals surface area contributed by atoms with Crippen molar-refractivity contribution in [1.82, 2.24) is 4.90 Å². The highest BCUT2D eigenvalue weighted by molar-refractivity contribution is 7.90. The number of hydrogen-bond donors (Lipinski definition) is 1. The molecule has 5 nitrogen and oxygen atoms in total. The molecule has 0 aliphatic carbocycles. The van der Waals surface area contributed by atoms with Crippen molar-refractivity contribution in [3.63, 3.8) is 0 Å². The maximum atomic E-state index is 12.4. The Hall–Kier alpha value is -0.920. The van der Waals surface area contributed by atoms with Crippen LogP contribution < -0.4 is 5.73 Å². The molecule has 2 N–H and O–H groups in total. The smallest absolute Gasteiger partial charge is 0.240 e. The van der Waals surface area contributed by atoms with Gasteiger partial charge < -0.3 is 10.6 Å². The van der Waals surface area contributed by atoms with Crippen LogP contribution in [0.2, 0.25) is 0 Å². The quantitative estimate of drug-likeness (QED) is 0.884. The van der Waals surface area contributed by atoms with Crippen LogP contribution in [-0.4, -0.2) is 43.8 Å². The van der Waals surface area contributed by atoms with E-state index < -0.39 is 15.9 Å². The maximum absolute atomic E-state index is 12.4. The Kier molecular flexibility index (Phi) is 4.82. The lowest BCUT2D eigenvalue weighted by molar-refractivity contribution is -0.133. The van der Waals surface area contributed by atoms with Crippen LogP contribution in [-0.2, 0) is 14.6 Å². The molecule has 2 heterocycles. The van der Waals surface area contributed by atoms with E-state index >= 15 is 0 Å². The second-order valence-electron chi connectivity index (χ2n) is 5.27. The highest BCUT2D eigenvalue weighted by Crippen LogP contribution is 2.33. The number of sulfone groups is 1. The number of likely N-dealkylation sites (tertiary alicyclic amines) is 1. The molecular formula is C13H20N2O3S2. The molecule has 0 spiro atoms. The molecule has 7 heteroatoms. The summed E-state index contributed by atoms with van der Waals surface area (Å²) in [6.07, 6.45) is 3.26. The first-order chi connectivity index (χ1) is 9.38. The van der Waals surface area contributed by atoms with Crippen molar-refractivity contribution in [1.29, 1.82) is 0 Å². The average molecular weight is 316 g/mol. The van der Waals surface area contributed by atoms with E-state index in [1.807, 2.05) is 11.4 Å². The van der Waals surface area contributed by atoms with Crippen molar-refractivity contribution in [3.8, 4) is 0 Å². The van der Waals surface area contributed by atoms with Crippen molar-refractivity contribution in [3.05, 3.63) is 22.4 Å². The Morgan fingerprint density at radius 2 is 2.35 bits per heavy atom. The van der Waals surface area contributed by atoms with Gasteiger partial charge in [-0.05, 0) is 41.7 Å². The second-order valence-corrected chi connectivity index (χ2v) is 8.31. The van der Waals surface area contributed by atoms with Gasteiger partial charge in [0.2, 0.25) is 5.91 Å². The third-order valence-electron chi connectivity index (χ3n) is 3.58. The van der Waals surface area contributed by atoms with Crippen molar-refractivity contribution < 1.29 is 13.2 Å². The molecule has 1 fully saturated rings. The summed E-state index contributed by atoms with van der Waals surface area (Å²) < 4.78 is 22.3. The maximum Gasteiger partial charge on any atom is 0.240 e. The molecule has 112 valence electrons. The Bertz CT molecular complexity index is 554. The Labute approximate surface area is 123 Å². The molecule has 0 saturated carbocycles. The Morgan fingerprint density at radius 1 is 1.60 bits per heavy atom. The fourth-order valence-corrected chi connectivity index (χ4v) is 3.91.